The number of rotatable bonds is 8. The Balaban J connectivity index is 1.16. The molecule has 274 valence electrons. The molecule has 0 aliphatic carbocycles. The van der Waals surface area contributed by atoms with E-state index in [0.29, 0.717) is 0 Å². The fraction of sp³-hybridized carbons (Fsp3) is 0. The van der Waals surface area contributed by atoms with Gasteiger partial charge in [-0.2, -0.15) is 0 Å². The molecule has 4 nitrogen and oxygen atoms in total. The van der Waals surface area contributed by atoms with Gasteiger partial charge in [-0.15, -0.1) is 0 Å². The van der Waals surface area contributed by atoms with Crippen molar-refractivity contribution in [2.24, 2.45) is 0 Å². The molecule has 58 heavy (non-hydrogen) atoms. The van der Waals surface area contributed by atoms with E-state index in [2.05, 4.69) is 233 Å². The number of aromatic nitrogens is 1. The van der Waals surface area contributed by atoms with Gasteiger partial charge in [-0.05, 0) is 108 Å². The van der Waals surface area contributed by atoms with E-state index in [9.17, 15) is 0 Å². The van der Waals surface area contributed by atoms with E-state index in [0.717, 1.165) is 89.3 Å². The van der Waals surface area contributed by atoms with Crippen LogP contribution in [0.2, 0.25) is 0 Å². The van der Waals surface area contributed by atoms with Crippen molar-refractivity contribution in [1.82, 2.24) is 4.57 Å². The highest BCUT2D eigenvalue weighted by atomic mass is 16.3. The maximum absolute atomic E-state index is 6.76. The zero-order chi connectivity index (χ0) is 38.4. The summed E-state index contributed by atoms with van der Waals surface area (Å²) in [6, 6.07) is 79.8. The van der Waals surface area contributed by atoms with Crippen molar-refractivity contribution >= 4 is 77.9 Å². The van der Waals surface area contributed by atoms with E-state index in [4.69, 9.17) is 4.42 Å². The lowest BCUT2D eigenvalue weighted by molar-refractivity contribution is 0.671. The van der Waals surface area contributed by atoms with Crippen LogP contribution in [0.4, 0.5) is 34.1 Å². The van der Waals surface area contributed by atoms with Crippen molar-refractivity contribution in [1.29, 1.82) is 0 Å². The molecule has 0 aliphatic heterocycles. The number of anilines is 6. The molecule has 0 saturated heterocycles. The number of nitrogens with zero attached hydrogens (tertiary/aromatic N) is 3. The molecule has 9 aromatic carbocycles. The molecule has 0 aliphatic rings. The molecule has 2 aromatic heterocycles. The molecular formula is C54H37N3O. The van der Waals surface area contributed by atoms with Gasteiger partial charge in [-0.25, -0.2) is 0 Å². The monoisotopic (exact) mass is 743 g/mol. The molecule has 0 N–H and O–H groups in total. The van der Waals surface area contributed by atoms with Crippen molar-refractivity contribution in [2.45, 2.75) is 0 Å². The fourth-order valence-electron chi connectivity index (χ4n) is 8.52. The summed E-state index contributed by atoms with van der Waals surface area (Å²) in [7, 11) is 0. The smallest absolute Gasteiger partial charge is 0.160 e. The van der Waals surface area contributed by atoms with Crippen molar-refractivity contribution in [3.05, 3.63) is 224 Å². The van der Waals surface area contributed by atoms with Gasteiger partial charge in [-0.1, -0.05) is 127 Å². The lowest BCUT2D eigenvalue weighted by Crippen LogP contribution is -2.11. The van der Waals surface area contributed by atoms with E-state index in [1.165, 1.54) is 5.39 Å². The van der Waals surface area contributed by atoms with E-state index in [1.54, 1.807) is 0 Å². The minimum atomic E-state index is 0.885. The number of hydrogen-bond acceptors (Lipinski definition) is 3. The maximum Gasteiger partial charge on any atom is 0.160 e. The first-order chi connectivity index (χ1) is 28.8. The van der Waals surface area contributed by atoms with E-state index in [-0.39, 0.29) is 0 Å². The van der Waals surface area contributed by atoms with Crippen molar-refractivity contribution in [2.75, 3.05) is 9.80 Å². The van der Waals surface area contributed by atoms with Gasteiger partial charge >= 0.3 is 0 Å². The summed E-state index contributed by atoms with van der Waals surface area (Å²) in [4.78, 5) is 4.65. The molecule has 0 spiro atoms. The molecule has 11 rings (SSSR count). The van der Waals surface area contributed by atoms with Crippen LogP contribution in [-0.2, 0) is 0 Å². The van der Waals surface area contributed by atoms with Crippen LogP contribution in [0, 0.1) is 0 Å². The van der Waals surface area contributed by atoms with E-state index in [1.807, 2.05) is 6.07 Å². The molecule has 0 atom stereocenters. The Kier molecular flexibility index (Phi) is 8.11. The molecule has 0 bridgehead atoms. The van der Waals surface area contributed by atoms with Crippen LogP contribution in [0.15, 0.2) is 229 Å². The topological polar surface area (TPSA) is 24.6 Å². The summed E-state index contributed by atoms with van der Waals surface area (Å²) in [5.41, 5.74) is 13.7. The van der Waals surface area contributed by atoms with Gasteiger partial charge in [0.25, 0.3) is 0 Å². The summed E-state index contributed by atoms with van der Waals surface area (Å²) in [6.45, 7) is 0. The van der Waals surface area contributed by atoms with Crippen LogP contribution in [0.5, 0.6) is 0 Å². The summed E-state index contributed by atoms with van der Waals surface area (Å²) in [6.07, 6.45) is 0. The Morgan fingerprint density at radius 2 is 0.810 bits per heavy atom. The first-order valence-electron chi connectivity index (χ1n) is 19.7. The first-order valence-corrected chi connectivity index (χ1v) is 19.7. The average molecular weight is 744 g/mol. The van der Waals surface area contributed by atoms with E-state index >= 15 is 0 Å². The third-order valence-electron chi connectivity index (χ3n) is 11.1. The second kappa shape index (κ2) is 14.0. The Bertz CT molecular complexity index is 3130. The molecule has 0 fully saturated rings. The average Bonchev–Trinajstić information content (AvgIpc) is 3.85. The highest BCUT2D eigenvalue weighted by Crippen LogP contribution is 2.44. The summed E-state index contributed by atoms with van der Waals surface area (Å²) in [5.74, 6) is 0. The molecule has 0 amide bonds. The SMILES string of the molecule is c1ccc(N(c2ccccc2)c2ccc(-c3cc(N(c4ccccc4)c4ccccc4)cc(-n4c5ccccc5c5ccc6c7ccccc7oc6c54)c3)cc2)cc1. The normalized spacial score (nSPS) is 11.4. The first kappa shape index (κ1) is 33.5. The van der Waals surface area contributed by atoms with Gasteiger partial charge in [-0.3, -0.25) is 0 Å². The van der Waals surface area contributed by atoms with Gasteiger partial charge < -0.3 is 18.8 Å². The second-order valence-electron chi connectivity index (χ2n) is 14.6. The second-order valence-corrected chi connectivity index (χ2v) is 14.6. The quantitative estimate of drug-likeness (QED) is 0.155. The third-order valence-corrected chi connectivity index (χ3v) is 11.1. The number of para-hydroxylation sites is 6. The maximum atomic E-state index is 6.76. The Hall–Kier alpha value is -7.82. The van der Waals surface area contributed by atoms with Crippen LogP contribution < -0.4 is 9.80 Å². The zero-order valence-electron chi connectivity index (χ0n) is 31.6. The zero-order valence-corrected chi connectivity index (χ0v) is 31.6. The largest absolute Gasteiger partial charge is 0.454 e. The highest BCUT2D eigenvalue weighted by Gasteiger charge is 2.22. The highest BCUT2D eigenvalue weighted by molar-refractivity contribution is 6.21. The molecule has 4 heteroatoms. The van der Waals surface area contributed by atoms with Gasteiger partial charge in [0.05, 0.1) is 11.0 Å². The van der Waals surface area contributed by atoms with Crippen LogP contribution in [0.25, 0.3) is 60.6 Å². The lowest BCUT2D eigenvalue weighted by atomic mass is 10.0. The summed E-state index contributed by atoms with van der Waals surface area (Å²) < 4.78 is 9.16. The van der Waals surface area contributed by atoms with E-state index < -0.39 is 0 Å². The van der Waals surface area contributed by atoms with Gasteiger partial charge in [0.1, 0.15) is 5.58 Å². The van der Waals surface area contributed by atoms with Gasteiger partial charge in [0.2, 0.25) is 0 Å². The fourth-order valence-corrected chi connectivity index (χ4v) is 8.52. The number of benzene rings is 9. The van der Waals surface area contributed by atoms with Crippen LogP contribution in [-0.4, -0.2) is 4.57 Å². The van der Waals surface area contributed by atoms with Crippen molar-refractivity contribution in [3.63, 3.8) is 0 Å². The molecular weight excluding hydrogens is 707 g/mol. The predicted molar refractivity (Wildman–Crippen MR) is 243 cm³/mol. The van der Waals surface area contributed by atoms with Gasteiger partial charge in [0.15, 0.2) is 5.58 Å². The minimum Gasteiger partial charge on any atom is -0.454 e. The summed E-state index contributed by atoms with van der Waals surface area (Å²) >= 11 is 0. The molecule has 0 radical (unpaired) electrons. The number of furan rings is 1. The standard InChI is InChI=1S/C54H37N3O/c1-5-17-40(18-6-1)55(41-19-7-2-8-20-41)44-31-29-38(30-32-44)39-35-45(56(42-21-9-3-10-22-42)43-23-11-4-12-24-43)37-46(36-39)57-51-27-15-13-25-47(51)49-33-34-50-48-26-14-16-28-52(48)58-54(50)53(49)57/h1-37H. The molecule has 0 unspecified atom stereocenters. The third kappa shape index (κ3) is 5.70. The Morgan fingerprint density at radius 1 is 0.328 bits per heavy atom. The Labute approximate surface area is 336 Å². The molecule has 0 saturated carbocycles. The van der Waals surface area contributed by atoms with Crippen LogP contribution in [0.1, 0.15) is 0 Å². The van der Waals surface area contributed by atoms with Crippen molar-refractivity contribution < 1.29 is 4.42 Å². The van der Waals surface area contributed by atoms with Crippen molar-refractivity contribution in [3.8, 4) is 16.8 Å². The minimum absolute atomic E-state index is 0.885. The predicted octanol–water partition coefficient (Wildman–Crippen LogP) is 15.3. The molecule has 11 aromatic rings. The summed E-state index contributed by atoms with van der Waals surface area (Å²) in [5, 5.41) is 4.56. The van der Waals surface area contributed by atoms with Crippen LogP contribution >= 0.6 is 0 Å². The number of hydrogen-bond donors (Lipinski definition) is 0. The van der Waals surface area contributed by atoms with Gasteiger partial charge in [0, 0.05) is 61.4 Å². The lowest BCUT2D eigenvalue weighted by Gasteiger charge is -2.27. The number of fused-ring (bicyclic) bond motifs is 7. The Morgan fingerprint density at radius 3 is 1.41 bits per heavy atom. The molecule has 2 heterocycles. The van der Waals surface area contributed by atoms with Crippen LogP contribution in [0.3, 0.4) is 0 Å².